The zero-order valence-electron chi connectivity index (χ0n) is 16.0. The predicted molar refractivity (Wildman–Crippen MR) is 110 cm³/mol. The van der Waals surface area contributed by atoms with Gasteiger partial charge in [-0.2, -0.15) is 0 Å². The minimum Gasteiger partial charge on any atom is -0.459 e. The zero-order chi connectivity index (χ0) is 19.5. The maximum absolute atomic E-state index is 12.6. The first-order valence-corrected chi connectivity index (χ1v) is 10.2. The van der Waals surface area contributed by atoms with E-state index in [0.29, 0.717) is 22.9 Å². The number of ether oxygens (including phenoxy) is 1. The number of nitrogens with one attached hydrogen (secondary N) is 1. The Balaban J connectivity index is 1.38. The molecule has 3 aromatic rings. The van der Waals surface area contributed by atoms with Gasteiger partial charge in [-0.05, 0) is 43.7 Å². The van der Waals surface area contributed by atoms with Gasteiger partial charge in [-0.3, -0.25) is 4.79 Å². The fourth-order valence-corrected chi connectivity index (χ4v) is 4.12. The molecular weight excluding hydrogens is 374 g/mol. The molecule has 1 amide bonds. The van der Waals surface area contributed by atoms with Gasteiger partial charge >= 0.3 is 0 Å². The maximum atomic E-state index is 12.6. The van der Waals surface area contributed by atoms with E-state index < -0.39 is 0 Å². The molecule has 0 spiro atoms. The highest BCUT2D eigenvalue weighted by Crippen LogP contribution is 2.29. The van der Waals surface area contributed by atoms with E-state index in [1.54, 1.807) is 0 Å². The van der Waals surface area contributed by atoms with Crippen molar-refractivity contribution in [2.75, 3.05) is 31.2 Å². The largest absolute Gasteiger partial charge is 0.459 e. The first kappa shape index (κ1) is 18.7. The molecule has 0 saturated carbocycles. The topological polar surface area (TPSA) is 67.6 Å². The predicted octanol–water partition coefficient (Wildman–Crippen LogP) is 3.79. The van der Waals surface area contributed by atoms with Gasteiger partial charge in [0.2, 0.25) is 0 Å². The highest BCUT2D eigenvalue weighted by molar-refractivity contribution is 7.17. The van der Waals surface area contributed by atoms with Gasteiger partial charge in [-0.1, -0.05) is 12.1 Å². The summed E-state index contributed by atoms with van der Waals surface area (Å²) in [6.45, 7) is 7.59. The van der Waals surface area contributed by atoms with E-state index in [-0.39, 0.29) is 5.91 Å². The SMILES string of the molecule is Cc1ccc(-c2nc(C)c(C(=O)NCc3ccc(N4CCOCC4)cc3)s2)o1. The van der Waals surface area contributed by atoms with Crippen molar-refractivity contribution in [3.8, 4) is 10.8 Å². The summed E-state index contributed by atoms with van der Waals surface area (Å²) in [7, 11) is 0. The molecule has 1 N–H and O–H groups in total. The number of amides is 1. The fraction of sp³-hybridized carbons (Fsp3) is 0.333. The smallest absolute Gasteiger partial charge is 0.263 e. The van der Waals surface area contributed by atoms with Crippen LogP contribution in [0.4, 0.5) is 5.69 Å². The molecule has 0 radical (unpaired) electrons. The molecule has 1 fully saturated rings. The van der Waals surface area contributed by atoms with Crippen molar-refractivity contribution >= 4 is 22.9 Å². The van der Waals surface area contributed by atoms with Crippen molar-refractivity contribution in [2.45, 2.75) is 20.4 Å². The molecule has 7 heteroatoms. The molecular formula is C21H23N3O3S. The van der Waals surface area contributed by atoms with E-state index in [1.165, 1.54) is 17.0 Å². The molecule has 3 heterocycles. The van der Waals surface area contributed by atoms with Crippen LogP contribution in [0.5, 0.6) is 0 Å². The molecule has 2 aromatic heterocycles. The number of morpholine rings is 1. The fourth-order valence-electron chi connectivity index (χ4n) is 3.17. The molecule has 0 atom stereocenters. The molecule has 0 aliphatic carbocycles. The normalized spacial score (nSPS) is 14.3. The number of aryl methyl sites for hydroxylation is 2. The van der Waals surface area contributed by atoms with Crippen LogP contribution in [0.3, 0.4) is 0 Å². The highest BCUT2D eigenvalue weighted by Gasteiger charge is 2.18. The summed E-state index contributed by atoms with van der Waals surface area (Å²) in [5.41, 5.74) is 2.97. The van der Waals surface area contributed by atoms with Crippen LogP contribution in [-0.4, -0.2) is 37.2 Å². The number of carbonyl (C=O) groups excluding carboxylic acids is 1. The summed E-state index contributed by atoms with van der Waals surface area (Å²) in [4.78, 5) is 20.0. The molecule has 1 aromatic carbocycles. The third-order valence-corrected chi connectivity index (χ3v) is 5.89. The Morgan fingerprint density at radius 3 is 2.57 bits per heavy atom. The molecule has 146 valence electrons. The lowest BCUT2D eigenvalue weighted by molar-refractivity contribution is 0.0954. The lowest BCUT2D eigenvalue weighted by Crippen LogP contribution is -2.36. The van der Waals surface area contributed by atoms with Crippen molar-refractivity contribution in [2.24, 2.45) is 0 Å². The van der Waals surface area contributed by atoms with Crippen molar-refractivity contribution < 1.29 is 13.9 Å². The van der Waals surface area contributed by atoms with Gasteiger partial charge in [0.05, 0.1) is 18.9 Å². The molecule has 0 bridgehead atoms. The summed E-state index contributed by atoms with van der Waals surface area (Å²) < 4.78 is 11.0. The summed E-state index contributed by atoms with van der Waals surface area (Å²) in [6, 6.07) is 12.1. The Hall–Kier alpha value is -2.64. The van der Waals surface area contributed by atoms with Crippen molar-refractivity contribution in [1.29, 1.82) is 0 Å². The molecule has 1 aliphatic heterocycles. The second kappa shape index (κ2) is 8.16. The number of aromatic nitrogens is 1. The second-order valence-electron chi connectivity index (χ2n) is 6.79. The van der Waals surface area contributed by atoms with Gasteiger partial charge in [-0.15, -0.1) is 11.3 Å². The minimum atomic E-state index is -0.109. The van der Waals surface area contributed by atoms with Gasteiger partial charge in [-0.25, -0.2) is 4.98 Å². The molecule has 0 unspecified atom stereocenters. The first-order chi connectivity index (χ1) is 13.6. The number of anilines is 1. The van der Waals surface area contributed by atoms with E-state index in [2.05, 4.69) is 39.5 Å². The average molecular weight is 398 g/mol. The lowest BCUT2D eigenvalue weighted by atomic mass is 10.2. The number of carbonyl (C=O) groups is 1. The lowest BCUT2D eigenvalue weighted by Gasteiger charge is -2.28. The number of rotatable bonds is 5. The van der Waals surface area contributed by atoms with Gasteiger partial charge in [0, 0.05) is 25.3 Å². The van der Waals surface area contributed by atoms with E-state index in [0.717, 1.165) is 42.6 Å². The van der Waals surface area contributed by atoms with Crippen molar-refractivity contribution in [1.82, 2.24) is 10.3 Å². The Morgan fingerprint density at radius 2 is 1.89 bits per heavy atom. The van der Waals surface area contributed by atoms with Crippen molar-refractivity contribution in [3.63, 3.8) is 0 Å². The van der Waals surface area contributed by atoms with Crippen LogP contribution in [0.25, 0.3) is 10.8 Å². The number of hydrogen-bond acceptors (Lipinski definition) is 6. The van der Waals surface area contributed by atoms with Gasteiger partial charge in [0.15, 0.2) is 10.8 Å². The molecule has 1 aliphatic rings. The third-order valence-electron chi connectivity index (χ3n) is 4.72. The molecule has 1 saturated heterocycles. The van der Waals surface area contributed by atoms with E-state index in [9.17, 15) is 4.79 Å². The number of furan rings is 1. The minimum absolute atomic E-state index is 0.109. The Bertz CT molecular complexity index is 956. The highest BCUT2D eigenvalue weighted by atomic mass is 32.1. The number of thiazole rings is 1. The first-order valence-electron chi connectivity index (χ1n) is 9.34. The van der Waals surface area contributed by atoms with Crippen LogP contribution in [0, 0.1) is 13.8 Å². The van der Waals surface area contributed by atoms with Crippen LogP contribution in [0.2, 0.25) is 0 Å². The van der Waals surface area contributed by atoms with Crippen molar-refractivity contribution in [3.05, 3.63) is 58.3 Å². The van der Waals surface area contributed by atoms with Gasteiger partial charge in [0.25, 0.3) is 5.91 Å². The van der Waals surface area contributed by atoms with E-state index in [4.69, 9.17) is 9.15 Å². The van der Waals surface area contributed by atoms with Gasteiger partial charge in [0.1, 0.15) is 10.6 Å². The van der Waals surface area contributed by atoms with Crippen LogP contribution < -0.4 is 10.2 Å². The Morgan fingerprint density at radius 1 is 1.14 bits per heavy atom. The van der Waals surface area contributed by atoms with Gasteiger partial charge < -0.3 is 19.4 Å². The maximum Gasteiger partial charge on any atom is 0.263 e. The number of hydrogen-bond donors (Lipinski definition) is 1. The summed E-state index contributed by atoms with van der Waals surface area (Å²) in [5, 5.41) is 3.72. The Kier molecular flexibility index (Phi) is 5.45. The summed E-state index contributed by atoms with van der Waals surface area (Å²) >= 11 is 1.35. The standard InChI is InChI=1S/C21H23N3O3S/c1-14-3-8-18(27-14)21-23-15(2)19(28-21)20(25)22-13-16-4-6-17(7-5-16)24-9-11-26-12-10-24/h3-8H,9-13H2,1-2H3,(H,22,25). The van der Waals surface area contributed by atoms with Crippen LogP contribution in [-0.2, 0) is 11.3 Å². The Labute approximate surface area is 168 Å². The quantitative estimate of drug-likeness (QED) is 0.710. The zero-order valence-corrected chi connectivity index (χ0v) is 16.8. The molecule has 28 heavy (non-hydrogen) atoms. The second-order valence-corrected chi connectivity index (χ2v) is 7.79. The number of nitrogens with zero attached hydrogens (tertiary/aromatic N) is 2. The van der Waals surface area contributed by atoms with E-state index >= 15 is 0 Å². The number of benzene rings is 1. The average Bonchev–Trinajstić information content (AvgIpc) is 3.33. The van der Waals surface area contributed by atoms with Crippen LogP contribution in [0.1, 0.15) is 26.7 Å². The third kappa shape index (κ3) is 4.10. The monoisotopic (exact) mass is 397 g/mol. The molecule has 4 rings (SSSR count). The van der Waals surface area contributed by atoms with E-state index in [1.807, 2.05) is 26.0 Å². The summed E-state index contributed by atoms with van der Waals surface area (Å²) in [5.74, 6) is 1.42. The van der Waals surface area contributed by atoms with Crippen LogP contribution >= 0.6 is 11.3 Å². The van der Waals surface area contributed by atoms with Crippen LogP contribution in [0.15, 0.2) is 40.8 Å². The molecule has 6 nitrogen and oxygen atoms in total. The summed E-state index contributed by atoms with van der Waals surface area (Å²) in [6.07, 6.45) is 0.